The van der Waals surface area contributed by atoms with Crippen molar-refractivity contribution in [3.63, 3.8) is 0 Å². The zero-order valence-electron chi connectivity index (χ0n) is 2.45. The van der Waals surface area contributed by atoms with E-state index in [9.17, 15) is 0 Å². The van der Waals surface area contributed by atoms with Crippen LogP contribution in [0.25, 0.3) is 0 Å². The molecule has 1 atom stereocenters. The van der Waals surface area contributed by atoms with Gasteiger partial charge in [-0.25, -0.2) is 0 Å². The van der Waals surface area contributed by atoms with Crippen molar-refractivity contribution in [2.24, 2.45) is 0 Å². The average molecular weight is 171 g/mol. The fourth-order valence-electron chi connectivity index (χ4n) is 0. The minimum absolute atomic E-state index is 0. The largest absolute Gasteiger partial charge is 0.344 e. The molecule has 0 amide bonds. The third-order valence-corrected chi connectivity index (χ3v) is 0. The quantitative estimate of drug-likeness (QED) is 0.408. The van der Waals surface area contributed by atoms with E-state index < -0.39 is 0 Å². The standard InChI is InChI=1S/2H3N.H3P.Rh/h3*1H3;. The minimum atomic E-state index is 0. The normalized spacial score (nSPS) is 0. The first kappa shape index (κ1) is 82.9. The second-order valence-corrected chi connectivity index (χ2v) is 0. The van der Waals surface area contributed by atoms with Gasteiger partial charge in [-0.05, 0) is 0 Å². The van der Waals surface area contributed by atoms with Crippen molar-refractivity contribution in [3.05, 3.63) is 0 Å². The van der Waals surface area contributed by atoms with E-state index in [1.807, 2.05) is 0 Å². The van der Waals surface area contributed by atoms with Crippen molar-refractivity contribution in [1.29, 1.82) is 0 Å². The van der Waals surface area contributed by atoms with Gasteiger partial charge in [-0.3, -0.25) is 0 Å². The van der Waals surface area contributed by atoms with Crippen molar-refractivity contribution in [2.45, 2.75) is 0 Å². The summed E-state index contributed by atoms with van der Waals surface area (Å²) in [6, 6.07) is 0. The predicted octanol–water partition coefficient (Wildman–Crippen LogP) is 0.380. The van der Waals surface area contributed by atoms with E-state index in [4.69, 9.17) is 0 Å². The SMILES string of the molecule is N.N.P.[Rh]. The van der Waals surface area contributed by atoms with Crippen LogP contribution in [0.4, 0.5) is 0 Å². The molecule has 0 aromatic rings. The molecule has 1 radical (unpaired) electrons. The van der Waals surface area contributed by atoms with Gasteiger partial charge in [-0.1, -0.05) is 0 Å². The van der Waals surface area contributed by atoms with E-state index in [1.54, 1.807) is 0 Å². The molecule has 0 saturated carbocycles. The Morgan fingerprint density at radius 2 is 0.750 bits per heavy atom. The van der Waals surface area contributed by atoms with Gasteiger partial charge >= 0.3 is 0 Å². The predicted molar refractivity (Wildman–Crippen MR) is 21.1 cm³/mol. The van der Waals surface area contributed by atoms with Gasteiger partial charge in [-0.15, -0.1) is 0 Å². The maximum Gasteiger partial charge on any atom is 0 e. The maximum atomic E-state index is 0. The molecule has 0 heterocycles. The molecule has 2 nitrogen and oxygen atoms in total. The van der Waals surface area contributed by atoms with E-state index >= 15 is 0 Å². The van der Waals surface area contributed by atoms with Gasteiger partial charge in [0.15, 0.2) is 0 Å². The maximum absolute atomic E-state index is 0. The third-order valence-electron chi connectivity index (χ3n) is 0. The summed E-state index contributed by atoms with van der Waals surface area (Å²) in [6.07, 6.45) is 0. The Hall–Kier alpha value is 0.973. The van der Waals surface area contributed by atoms with Crippen molar-refractivity contribution in [1.82, 2.24) is 12.3 Å². The van der Waals surface area contributed by atoms with Gasteiger partial charge in [0.05, 0.1) is 0 Å². The molecule has 0 bridgehead atoms. The molecule has 0 aromatic carbocycles. The van der Waals surface area contributed by atoms with Gasteiger partial charge in [0.25, 0.3) is 0 Å². The molecule has 33 valence electrons. The van der Waals surface area contributed by atoms with Crippen LogP contribution < -0.4 is 12.3 Å². The average Bonchev–Trinajstić information content (AvgIpc) is 0. The van der Waals surface area contributed by atoms with Crippen LogP contribution in [-0.4, -0.2) is 0 Å². The summed E-state index contributed by atoms with van der Waals surface area (Å²) >= 11 is 0. The van der Waals surface area contributed by atoms with Crippen molar-refractivity contribution in [3.8, 4) is 0 Å². The summed E-state index contributed by atoms with van der Waals surface area (Å²) in [5.74, 6) is 0. The zero-order chi connectivity index (χ0) is 0. The summed E-state index contributed by atoms with van der Waals surface area (Å²) in [5, 5.41) is 0. The van der Waals surface area contributed by atoms with E-state index in [-0.39, 0.29) is 41.7 Å². The molecule has 4 heteroatoms. The summed E-state index contributed by atoms with van der Waals surface area (Å²) in [6.45, 7) is 0. The molecule has 0 aliphatic rings. The third kappa shape index (κ3) is 12.2. The molecule has 0 saturated heterocycles. The first-order valence-electron chi connectivity index (χ1n) is 0. The van der Waals surface area contributed by atoms with Crippen LogP contribution in [0.3, 0.4) is 0 Å². The molecule has 0 aliphatic carbocycles. The fraction of sp³-hybridized carbons (Fsp3) is 0. The topological polar surface area (TPSA) is 70.0 Å². The Labute approximate surface area is 42.3 Å². The molecule has 1 unspecified atom stereocenters. The van der Waals surface area contributed by atoms with E-state index in [0.717, 1.165) is 0 Å². The Morgan fingerprint density at radius 1 is 0.750 bits per heavy atom. The fourth-order valence-corrected chi connectivity index (χ4v) is 0. The van der Waals surface area contributed by atoms with E-state index in [2.05, 4.69) is 0 Å². The van der Waals surface area contributed by atoms with Crippen LogP contribution in [0.1, 0.15) is 0 Å². The Kier molecular flexibility index (Phi) is 768. The molecule has 0 aromatic heterocycles. The smallest absolute Gasteiger partial charge is 0 e. The number of hydrogen-bond donors (Lipinski definition) is 2. The molecular weight excluding hydrogens is 162 g/mol. The van der Waals surface area contributed by atoms with Crippen molar-refractivity contribution >= 4 is 9.90 Å². The van der Waals surface area contributed by atoms with Crippen molar-refractivity contribution in [2.75, 3.05) is 0 Å². The van der Waals surface area contributed by atoms with Gasteiger partial charge < -0.3 is 12.3 Å². The first-order valence-corrected chi connectivity index (χ1v) is 0. The zero-order valence-corrected chi connectivity index (χ0v) is 5.51. The number of hydrogen-bond acceptors (Lipinski definition) is 2. The second-order valence-electron chi connectivity index (χ2n) is 0. The van der Waals surface area contributed by atoms with E-state index in [0.29, 0.717) is 0 Å². The molecule has 4 heavy (non-hydrogen) atoms. The molecule has 6 N–H and O–H groups in total. The summed E-state index contributed by atoms with van der Waals surface area (Å²) in [4.78, 5) is 0. The van der Waals surface area contributed by atoms with Gasteiger partial charge in [0.1, 0.15) is 0 Å². The van der Waals surface area contributed by atoms with Crippen LogP contribution in [0.2, 0.25) is 0 Å². The van der Waals surface area contributed by atoms with Gasteiger partial charge in [-0.2, -0.15) is 9.90 Å². The van der Waals surface area contributed by atoms with Gasteiger partial charge in [0, 0.05) is 19.5 Å². The van der Waals surface area contributed by atoms with E-state index in [1.165, 1.54) is 0 Å². The molecule has 0 aliphatic heterocycles. The molecular formula is H9N2PRh. The summed E-state index contributed by atoms with van der Waals surface area (Å²) in [5.41, 5.74) is 0. The van der Waals surface area contributed by atoms with Crippen LogP contribution >= 0.6 is 9.90 Å². The summed E-state index contributed by atoms with van der Waals surface area (Å²) < 4.78 is 0. The summed E-state index contributed by atoms with van der Waals surface area (Å²) in [7, 11) is 0. The Bertz CT molecular complexity index is 6.00. The number of rotatable bonds is 0. The Balaban J connectivity index is 0. The second kappa shape index (κ2) is 37.1. The van der Waals surface area contributed by atoms with Crippen LogP contribution in [-0.2, 0) is 19.5 Å². The molecule has 0 fully saturated rings. The van der Waals surface area contributed by atoms with Crippen LogP contribution in [0, 0.1) is 0 Å². The Morgan fingerprint density at radius 3 is 0.750 bits per heavy atom. The minimum Gasteiger partial charge on any atom is -0.344 e. The molecule has 0 rings (SSSR count). The van der Waals surface area contributed by atoms with Crippen LogP contribution in [0.15, 0.2) is 0 Å². The molecule has 0 spiro atoms. The van der Waals surface area contributed by atoms with Crippen molar-refractivity contribution < 1.29 is 19.5 Å². The van der Waals surface area contributed by atoms with Crippen LogP contribution in [0.5, 0.6) is 0 Å². The monoisotopic (exact) mass is 171 g/mol. The first-order chi connectivity index (χ1) is 0. The van der Waals surface area contributed by atoms with Gasteiger partial charge in [0.2, 0.25) is 0 Å².